The zero-order chi connectivity index (χ0) is 10.8. The normalized spacial score (nSPS) is 14.0. The summed E-state index contributed by atoms with van der Waals surface area (Å²) >= 11 is 0. The predicted molar refractivity (Wildman–Crippen MR) is 62.0 cm³/mol. The Morgan fingerprint density at radius 3 is 2.93 bits per heavy atom. The van der Waals surface area contributed by atoms with E-state index in [1.807, 2.05) is 24.1 Å². The van der Waals surface area contributed by atoms with E-state index in [0.717, 1.165) is 24.1 Å². The second-order valence-corrected chi connectivity index (χ2v) is 3.60. The van der Waals surface area contributed by atoms with Gasteiger partial charge in [-0.2, -0.15) is 0 Å². The number of fused-ring (bicyclic) bond motifs is 1. The summed E-state index contributed by atoms with van der Waals surface area (Å²) < 4.78 is 0. The maximum Gasteiger partial charge on any atom is 0.167 e. The van der Waals surface area contributed by atoms with E-state index in [-0.39, 0.29) is 0 Å². The van der Waals surface area contributed by atoms with Gasteiger partial charge in [-0.15, -0.1) is 0 Å². The lowest BCUT2D eigenvalue weighted by Crippen LogP contribution is -2.20. The van der Waals surface area contributed by atoms with Crippen LogP contribution in [0.1, 0.15) is 12.5 Å². The highest BCUT2D eigenvalue weighted by Crippen LogP contribution is 2.33. The van der Waals surface area contributed by atoms with Gasteiger partial charge in [0.25, 0.3) is 0 Å². The fourth-order valence-electron chi connectivity index (χ4n) is 1.83. The highest BCUT2D eigenvalue weighted by atomic mass is 16.1. The Balaban J connectivity index is 2.51. The van der Waals surface area contributed by atoms with E-state index >= 15 is 0 Å². The molecule has 0 bridgehead atoms. The van der Waals surface area contributed by atoms with Crippen molar-refractivity contribution >= 4 is 17.7 Å². The summed E-state index contributed by atoms with van der Waals surface area (Å²) in [6.45, 7) is 2.11. The molecule has 1 aliphatic heterocycles. The minimum atomic E-state index is 0.603. The summed E-state index contributed by atoms with van der Waals surface area (Å²) in [4.78, 5) is 12.7. The number of aldehydes is 1. The number of anilines is 2. The molecular formula is C12H14N2O. The van der Waals surface area contributed by atoms with E-state index in [1.165, 1.54) is 5.56 Å². The average Bonchev–Trinajstić information content (AvgIpc) is 2.28. The summed E-state index contributed by atoms with van der Waals surface area (Å²) in [5.41, 5.74) is 3.99. The first-order chi connectivity index (χ1) is 7.26. The van der Waals surface area contributed by atoms with Crippen LogP contribution in [0.15, 0.2) is 30.1 Å². The van der Waals surface area contributed by atoms with Crippen LogP contribution in [-0.2, 0) is 11.2 Å². The molecule has 0 aromatic heterocycles. The van der Waals surface area contributed by atoms with Crippen LogP contribution in [0.5, 0.6) is 0 Å². The van der Waals surface area contributed by atoms with E-state index in [4.69, 9.17) is 0 Å². The summed E-state index contributed by atoms with van der Waals surface area (Å²) in [7, 11) is 1.95. The van der Waals surface area contributed by atoms with Crippen molar-refractivity contribution in [3.05, 3.63) is 35.7 Å². The van der Waals surface area contributed by atoms with Gasteiger partial charge in [0.15, 0.2) is 6.29 Å². The van der Waals surface area contributed by atoms with E-state index in [9.17, 15) is 4.79 Å². The lowest BCUT2D eigenvalue weighted by molar-refractivity contribution is -0.104. The molecule has 3 nitrogen and oxygen atoms in total. The fraction of sp³-hybridized carbons (Fsp3) is 0.250. The van der Waals surface area contributed by atoms with Crippen molar-refractivity contribution in [2.24, 2.45) is 0 Å². The van der Waals surface area contributed by atoms with E-state index in [0.29, 0.717) is 5.70 Å². The zero-order valence-corrected chi connectivity index (χ0v) is 8.95. The van der Waals surface area contributed by atoms with Crippen molar-refractivity contribution in [1.82, 2.24) is 0 Å². The molecule has 0 fully saturated rings. The largest absolute Gasteiger partial charge is 0.350 e. The van der Waals surface area contributed by atoms with Crippen molar-refractivity contribution < 1.29 is 4.79 Å². The van der Waals surface area contributed by atoms with Crippen LogP contribution < -0.4 is 10.2 Å². The monoisotopic (exact) mass is 202 g/mol. The molecule has 0 unspecified atom stereocenters. The number of benzene rings is 1. The van der Waals surface area contributed by atoms with Gasteiger partial charge in [-0.1, -0.05) is 19.1 Å². The van der Waals surface area contributed by atoms with Gasteiger partial charge in [0.05, 0.1) is 17.1 Å². The Kier molecular flexibility index (Phi) is 2.46. The Bertz CT molecular complexity index is 424. The van der Waals surface area contributed by atoms with Crippen molar-refractivity contribution in [3.63, 3.8) is 0 Å². The van der Waals surface area contributed by atoms with Crippen LogP contribution in [-0.4, -0.2) is 13.3 Å². The van der Waals surface area contributed by atoms with Gasteiger partial charge < -0.3 is 10.2 Å². The molecule has 78 valence electrons. The molecule has 1 aromatic carbocycles. The highest BCUT2D eigenvalue weighted by molar-refractivity contribution is 5.88. The molecule has 0 radical (unpaired) electrons. The molecular weight excluding hydrogens is 188 g/mol. The number of carbonyl (C=O) groups is 1. The maximum atomic E-state index is 10.8. The van der Waals surface area contributed by atoms with Crippen molar-refractivity contribution in [2.45, 2.75) is 13.3 Å². The molecule has 0 aliphatic carbocycles. The third-order valence-corrected chi connectivity index (χ3v) is 2.62. The Morgan fingerprint density at radius 2 is 2.27 bits per heavy atom. The topological polar surface area (TPSA) is 32.3 Å². The molecule has 1 aliphatic rings. The van der Waals surface area contributed by atoms with E-state index in [1.54, 1.807) is 6.20 Å². The number of hydrogen-bond acceptors (Lipinski definition) is 3. The Morgan fingerprint density at radius 1 is 1.47 bits per heavy atom. The molecule has 0 spiro atoms. The van der Waals surface area contributed by atoms with Gasteiger partial charge >= 0.3 is 0 Å². The van der Waals surface area contributed by atoms with Gasteiger partial charge in [-0.3, -0.25) is 4.79 Å². The summed E-state index contributed by atoms with van der Waals surface area (Å²) in [6.07, 6.45) is 3.59. The fourth-order valence-corrected chi connectivity index (χ4v) is 1.83. The molecule has 1 N–H and O–H groups in total. The number of allylic oxidation sites excluding steroid dienone is 1. The van der Waals surface area contributed by atoms with Gasteiger partial charge in [-0.25, -0.2) is 0 Å². The molecule has 15 heavy (non-hydrogen) atoms. The minimum Gasteiger partial charge on any atom is -0.350 e. The third kappa shape index (κ3) is 1.61. The minimum absolute atomic E-state index is 0.603. The third-order valence-electron chi connectivity index (χ3n) is 2.62. The first-order valence-electron chi connectivity index (χ1n) is 5.05. The van der Waals surface area contributed by atoms with Crippen LogP contribution in [0.4, 0.5) is 11.4 Å². The Labute approximate surface area is 89.4 Å². The van der Waals surface area contributed by atoms with Crippen molar-refractivity contribution in [3.8, 4) is 0 Å². The van der Waals surface area contributed by atoms with Crippen LogP contribution in [0.2, 0.25) is 0 Å². The van der Waals surface area contributed by atoms with Gasteiger partial charge in [0.1, 0.15) is 0 Å². The summed E-state index contributed by atoms with van der Waals surface area (Å²) in [6, 6.07) is 6.16. The smallest absolute Gasteiger partial charge is 0.167 e. The zero-order valence-electron chi connectivity index (χ0n) is 8.95. The number of aryl methyl sites for hydroxylation is 1. The van der Waals surface area contributed by atoms with E-state index in [2.05, 4.69) is 18.3 Å². The number of rotatable bonds is 2. The average molecular weight is 202 g/mol. The van der Waals surface area contributed by atoms with Crippen molar-refractivity contribution in [1.29, 1.82) is 0 Å². The maximum absolute atomic E-state index is 10.8. The first-order valence-corrected chi connectivity index (χ1v) is 5.05. The van der Waals surface area contributed by atoms with Gasteiger partial charge in [-0.05, 0) is 18.1 Å². The standard InChI is InChI=1S/C12H14N2O/c1-3-9-5-4-6-11-12(9)13-10(8-15)7-14(11)2/h4-8,13H,3H2,1-2H3. The van der Waals surface area contributed by atoms with Crippen LogP contribution in [0, 0.1) is 0 Å². The SMILES string of the molecule is CCc1cccc2c1NC(C=O)=CN2C. The lowest BCUT2D eigenvalue weighted by atomic mass is 10.1. The number of nitrogens with zero attached hydrogens (tertiary/aromatic N) is 1. The first kappa shape index (κ1) is 9.77. The Hall–Kier alpha value is -1.77. The molecule has 0 saturated carbocycles. The van der Waals surface area contributed by atoms with E-state index < -0.39 is 0 Å². The van der Waals surface area contributed by atoms with Crippen LogP contribution >= 0.6 is 0 Å². The number of para-hydroxylation sites is 1. The number of hydrogen-bond donors (Lipinski definition) is 1. The number of nitrogens with one attached hydrogen (secondary N) is 1. The molecule has 0 atom stereocenters. The molecule has 3 heteroatoms. The lowest BCUT2D eigenvalue weighted by Gasteiger charge is -2.27. The summed E-state index contributed by atoms with van der Waals surface area (Å²) in [5.74, 6) is 0. The highest BCUT2D eigenvalue weighted by Gasteiger charge is 2.15. The predicted octanol–water partition coefficient (Wildman–Crippen LogP) is 2.15. The molecule has 0 saturated heterocycles. The van der Waals surface area contributed by atoms with Crippen LogP contribution in [0.3, 0.4) is 0 Å². The molecule has 1 aromatic rings. The summed E-state index contributed by atoms with van der Waals surface area (Å²) in [5, 5.41) is 3.15. The molecule has 0 amide bonds. The molecule has 2 rings (SSSR count). The number of carbonyl (C=O) groups excluding carboxylic acids is 1. The van der Waals surface area contributed by atoms with Gasteiger partial charge in [0, 0.05) is 13.2 Å². The van der Waals surface area contributed by atoms with Gasteiger partial charge in [0.2, 0.25) is 0 Å². The van der Waals surface area contributed by atoms with Crippen molar-refractivity contribution in [2.75, 3.05) is 17.3 Å². The second-order valence-electron chi connectivity index (χ2n) is 3.60. The molecule has 1 heterocycles. The van der Waals surface area contributed by atoms with Crippen LogP contribution in [0.25, 0.3) is 0 Å². The second kappa shape index (κ2) is 3.77. The quantitative estimate of drug-likeness (QED) is 0.746.